The van der Waals surface area contributed by atoms with E-state index < -0.39 is 10.8 Å². The van der Waals surface area contributed by atoms with Crippen LogP contribution in [0.5, 0.6) is 0 Å². The van der Waals surface area contributed by atoms with Crippen molar-refractivity contribution in [2.75, 3.05) is 0 Å². The van der Waals surface area contributed by atoms with E-state index in [4.69, 9.17) is 0 Å². The van der Waals surface area contributed by atoms with Gasteiger partial charge in [-0.15, -0.1) is 25.3 Å². The molecule has 0 radical (unpaired) electrons. The van der Waals surface area contributed by atoms with E-state index in [9.17, 15) is 9.90 Å². The van der Waals surface area contributed by atoms with Gasteiger partial charge in [-0.3, -0.25) is 0 Å². The summed E-state index contributed by atoms with van der Waals surface area (Å²) >= 11 is 7.14. The van der Waals surface area contributed by atoms with Crippen LogP contribution in [0.4, 0.5) is 4.79 Å². The van der Waals surface area contributed by atoms with Gasteiger partial charge in [0.1, 0.15) is 10.8 Å². The molecule has 3 nitrogen and oxygen atoms in total. The molecule has 0 saturated carbocycles. The number of carbonyl (C=O) groups excluding carboxylic acids is 1. The second-order valence-electron chi connectivity index (χ2n) is 0.805. The third kappa shape index (κ3) is 10.1. The first-order valence-electron chi connectivity index (χ1n) is 1.46. The summed E-state index contributed by atoms with van der Waals surface area (Å²) in [6.45, 7) is 0. The van der Waals surface area contributed by atoms with E-state index in [2.05, 4.69) is 25.3 Å². The summed E-state index contributed by atoms with van der Waals surface area (Å²) in [7, 11) is 0. The first-order valence-corrected chi connectivity index (χ1v) is 2.50. The van der Waals surface area contributed by atoms with Crippen molar-refractivity contribution >= 4 is 31.4 Å². The van der Waals surface area contributed by atoms with Crippen LogP contribution in [0.15, 0.2) is 0 Å². The second kappa shape index (κ2) is 6.10. The van der Waals surface area contributed by atoms with Crippen molar-refractivity contribution in [1.29, 1.82) is 0 Å². The van der Waals surface area contributed by atoms with Crippen LogP contribution in [0, 0.1) is 0 Å². The molecule has 0 unspecified atom stereocenters. The molecule has 0 bridgehead atoms. The summed E-state index contributed by atoms with van der Waals surface area (Å²) in [5.74, 6) is 0. The summed E-state index contributed by atoms with van der Waals surface area (Å²) in [6.07, 6.45) is -1.37. The third-order valence-corrected chi connectivity index (χ3v) is 0.505. The van der Waals surface area contributed by atoms with Crippen LogP contribution in [-0.2, 0) is 0 Å². The molecule has 0 aromatic heterocycles. The van der Waals surface area contributed by atoms with Gasteiger partial charge in [0.25, 0.3) is 0 Å². The fourth-order valence-corrected chi connectivity index (χ4v) is 0.316. The predicted molar refractivity (Wildman–Crippen MR) is 30.3 cm³/mol. The summed E-state index contributed by atoms with van der Waals surface area (Å²) in [4.78, 5) is 9.49. The monoisotopic (exact) mass is 161 g/mol. The van der Waals surface area contributed by atoms with Crippen LogP contribution in [0.25, 0.3) is 0 Å². The van der Waals surface area contributed by atoms with Crippen LogP contribution >= 0.6 is 25.3 Å². The maximum Gasteiger partial charge on any atom is 1.00 e. The Bertz CT molecular complexity index is 78.4. The summed E-state index contributed by atoms with van der Waals surface area (Å²) < 4.78 is -0.648. The van der Waals surface area contributed by atoms with Gasteiger partial charge in [0, 0.05) is 0 Å². The Hall–Kier alpha value is 0.970. The minimum Gasteiger partial charge on any atom is -0.530 e. The average Bonchev–Trinajstić information content (AvgIpc) is 1.27. The molecule has 0 saturated heterocycles. The van der Waals surface area contributed by atoms with Gasteiger partial charge in [-0.2, -0.15) is 0 Å². The summed E-state index contributed by atoms with van der Waals surface area (Å²) in [5.41, 5.74) is 0. The summed E-state index contributed by atoms with van der Waals surface area (Å²) in [6, 6.07) is 0. The predicted octanol–water partition coefficient (Wildman–Crippen LogP) is -3.93. The van der Waals surface area contributed by atoms with Crippen molar-refractivity contribution in [1.82, 2.24) is 5.32 Å². The van der Waals surface area contributed by atoms with Gasteiger partial charge in [0.05, 0.1) is 0 Å². The number of carboxylic acid groups (broad SMARTS) is 1. The van der Waals surface area contributed by atoms with E-state index in [0.29, 0.717) is 0 Å². The number of hydrogen-bond donors (Lipinski definition) is 3. The second-order valence-corrected chi connectivity index (χ2v) is 2.25. The van der Waals surface area contributed by atoms with Gasteiger partial charge < -0.3 is 15.2 Å². The van der Waals surface area contributed by atoms with Gasteiger partial charge in [0.2, 0.25) is 0 Å². The smallest absolute Gasteiger partial charge is 0.530 e. The van der Waals surface area contributed by atoms with Gasteiger partial charge in [0.15, 0.2) is 0 Å². The molecule has 0 aromatic carbocycles. The quantitative estimate of drug-likeness (QED) is 0.209. The molecule has 0 heterocycles. The van der Waals surface area contributed by atoms with E-state index in [1.165, 1.54) is 0 Å². The number of carbonyl (C=O) groups is 1. The molecule has 42 valence electrons. The van der Waals surface area contributed by atoms with Crippen molar-refractivity contribution in [2.45, 2.75) is 4.71 Å². The molecule has 0 aromatic rings. The normalized spacial score (nSPS) is 7.88. The zero-order valence-electron chi connectivity index (χ0n) is 4.29. The molecule has 0 aliphatic rings. The van der Waals surface area contributed by atoms with Crippen LogP contribution < -0.4 is 40.0 Å². The average molecular weight is 161 g/mol. The molecule has 1 amide bonds. The van der Waals surface area contributed by atoms with Gasteiger partial charge in [-0.05, 0) is 0 Å². The topological polar surface area (TPSA) is 52.2 Å². The van der Waals surface area contributed by atoms with Crippen molar-refractivity contribution < 1.29 is 39.5 Å². The van der Waals surface area contributed by atoms with Crippen molar-refractivity contribution in [2.24, 2.45) is 0 Å². The number of hydrogen-bond acceptors (Lipinski definition) is 4. The van der Waals surface area contributed by atoms with Gasteiger partial charge in [-0.25, -0.2) is 0 Å². The Morgan fingerprint density at radius 3 is 2.00 bits per heavy atom. The minimum absolute atomic E-state index is 0. The van der Waals surface area contributed by atoms with Crippen molar-refractivity contribution in [3.05, 3.63) is 0 Å². The molecule has 0 fully saturated rings. The van der Waals surface area contributed by atoms with Crippen LogP contribution in [0.2, 0.25) is 0 Å². The SMILES string of the molecule is O=C([O-])NC(S)S.[Na+]. The Kier molecular flexibility index (Phi) is 8.94. The van der Waals surface area contributed by atoms with E-state index in [-0.39, 0.29) is 29.6 Å². The fraction of sp³-hybridized carbons (Fsp3) is 0.500. The molecular weight excluding hydrogens is 157 g/mol. The van der Waals surface area contributed by atoms with E-state index in [1.807, 2.05) is 5.32 Å². The Morgan fingerprint density at radius 2 is 2.00 bits per heavy atom. The molecule has 0 spiro atoms. The zero-order valence-corrected chi connectivity index (χ0v) is 8.08. The van der Waals surface area contributed by atoms with Gasteiger partial charge in [-0.1, -0.05) is 0 Å². The van der Waals surface area contributed by atoms with Crippen molar-refractivity contribution in [3.63, 3.8) is 0 Å². The Morgan fingerprint density at radius 1 is 1.62 bits per heavy atom. The van der Waals surface area contributed by atoms with Crippen molar-refractivity contribution in [3.8, 4) is 0 Å². The molecule has 8 heavy (non-hydrogen) atoms. The molecule has 0 aliphatic heterocycles. The third-order valence-electron chi connectivity index (χ3n) is 0.247. The fourth-order valence-electron chi connectivity index (χ4n) is 0.105. The largest absolute Gasteiger partial charge is 1.00 e. The molecule has 0 atom stereocenters. The number of nitrogens with one attached hydrogen (secondary N) is 1. The molecule has 1 N–H and O–H groups in total. The first-order chi connectivity index (χ1) is 3.13. The number of thiol groups is 2. The first kappa shape index (κ1) is 11.7. The maximum absolute atomic E-state index is 9.49. The molecule has 0 aliphatic carbocycles. The zero-order chi connectivity index (χ0) is 5.86. The van der Waals surface area contributed by atoms with E-state index in [0.717, 1.165) is 0 Å². The number of amides is 1. The minimum atomic E-state index is -1.37. The summed E-state index contributed by atoms with van der Waals surface area (Å²) in [5, 5.41) is 11.3. The molecular formula is C2H4NNaO2S2. The standard InChI is InChI=1S/C2H5NO2S2.Na/c4-1(5)3-2(6)7;/h2-3,6-7H,(H,4,5);/q;+1/p-1. The Balaban J connectivity index is 0. The van der Waals surface area contributed by atoms with Crippen LogP contribution in [0.3, 0.4) is 0 Å². The van der Waals surface area contributed by atoms with Crippen LogP contribution in [0.1, 0.15) is 0 Å². The van der Waals surface area contributed by atoms with Crippen LogP contribution in [-0.4, -0.2) is 10.8 Å². The molecule has 0 rings (SSSR count). The number of rotatable bonds is 1. The molecule has 6 heteroatoms. The Labute approximate surface area is 80.3 Å². The van der Waals surface area contributed by atoms with E-state index >= 15 is 0 Å². The van der Waals surface area contributed by atoms with Gasteiger partial charge >= 0.3 is 29.6 Å². The maximum atomic E-state index is 9.49. The van der Waals surface area contributed by atoms with E-state index in [1.54, 1.807) is 0 Å².